The van der Waals surface area contributed by atoms with Gasteiger partial charge in [-0.25, -0.2) is 0 Å². The van der Waals surface area contributed by atoms with Crippen molar-refractivity contribution in [1.29, 1.82) is 0 Å². The van der Waals surface area contributed by atoms with Crippen molar-refractivity contribution in [2.75, 3.05) is 39.8 Å². The van der Waals surface area contributed by atoms with Gasteiger partial charge in [-0.05, 0) is 37.9 Å². The fraction of sp³-hybridized carbons (Fsp3) is 0.625. The molecule has 3 heteroatoms. The molecule has 1 aliphatic rings. The first kappa shape index (κ1) is 14.5. The van der Waals surface area contributed by atoms with Gasteiger partial charge in [0, 0.05) is 32.7 Å². The monoisotopic (exact) mass is 261 g/mol. The summed E-state index contributed by atoms with van der Waals surface area (Å²) < 4.78 is 0. The minimum Gasteiger partial charge on any atom is -0.329 e. The summed E-state index contributed by atoms with van der Waals surface area (Å²) in [5.41, 5.74) is 7.04. The molecule has 0 bridgehead atoms. The van der Waals surface area contributed by atoms with Crippen molar-refractivity contribution in [3.8, 4) is 0 Å². The van der Waals surface area contributed by atoms with E-state index in [-0.39, 0.29) is 0 Å². The van der Waals surface area contributed by atoms with E-state index in [1.54, 1.807) is 0 Å². The number of hydrogen-bond donors (Lipinski definition) is 1. The van der Waals surface area contributed by atoms with Gasteiger partial charge in [-0.15, -0.1) is 0 Å². The highest BCUT2D eigenvalue weighted by Crippen LogP contribution is 2.19. The average molecular weight is 261 g/mol. The second-order valence-electron chi connectivity index (χ2n) is 5.78. The van der Waals surface area contributed by atoms with Crippen LogP contribution < -0.4 is 5.73 Å². The molecule has 0 saturated carbocycles. The van der Waals surface area contributed by atoms with E-state index in [0.717, 1.165) is 25.6 Å². The Bertz CT molecular complexity index is 352. The standard InChI is InChI=1S/C16H27N3/c1-18(11-9-17)12-16-8-5-10-19(14-16)13-15-6-3-2-4-7-15/h2-4,6-7,16H,5,8-14,17H2,1H3. The topological polar surface area (TPSA) is 32.5 Å². The Balaban J connectivity index is 1.80. The van der Waals surface area contributed by atoms with Crippen LogP contribution >= 0.6 is 0 Å². The quantitative estimate of drug-likeness (QED) is 0.847. The lowest BCUT2D eigenvalue weighted by molar-refractivity contribution is 0.139. The fourth-order valence-electron chi connectivity index (χ4n) is 3.04. The minimum absolute atomic E-state index is 0.761. The predicted octanol–water partition coefficient (Wildman–Crippen LogP) is 1.79. The second kappa shape index (κ2) is 7.63. The van der Waals surface area contributed by atoms with Crippen LogP contribution in [0, 0.1) is 5.92 Å². The van der Waals surface area contributed by atoms with Crippen LogP contribution in [0.5, 0.6) is 0 Å². The molecule has 0 aliphatic carbocycles. The summed E-state index contributed by atoms with van der Waals surface area (Å²) in [4.78, 5) is 4.97. The number of likely N-dealkylation sites (tertiary alicyclic amines) is 1. The van der Waals surface area contributed by atoms with Crippen molar-refractivity contribution in [3.63, 3.8) is 0 Å². The van der Waals surface area contributed by atoms with Gasteiger partial charge < -0.3 is 10.6 Å². The zero-order valence-electron chi connectivity index (χ0n) is 12.1. The highest BCUT2D eigenvalue weighted by Gasteiger charge is 2.20. The van der Waals surface area contributed by atoms with Crippen LogP contribution in [0.1, 0.15) is 18.4 Å². The van der Waals surface area contributed by atoms with Crippen LogP contribution in [0.4, 0.5) is 0 Å². The largest absolute Gasteiger partial charge is 0.329 e. The molecule has 106 valence electrons. The predicted molar refractivity (Wildman–Crippen MR) is 81.0 cm³/mol. The van der Waals surface area contributed by atoms with E-state index >= 15 is 0 Å². The molecule has 0 radical (unpaired) electrons. The molecule has 1 fully saturated rings. The molecule has 0 spiro atoms. The van der Waals surface area contributed by atoms with E-state index in [1.807, 2.05) is 0 Å². The van der Waals surface area contributed by atoms with Crippen molar-refractivity contribution < 1.29 is 0 Å². The molecule has 19 heavy (non-hydrogen) atoms. The summed E-state index contributed by atoms with van der Waals surface area (Å²) in [5.74, 6) is 0.800. The van der Waals surface area contributed by atoms with Gasteiger partial charge in [0.15, 0.2) is 0 Å². The van der Waals surface area contributed by atoms with Crippen LogP contribution in [0.25, 0.3) is 0 Å². The summed E-state index contributed by atoms with van der Waals surface area (Å²) >= 11 is 0. The van der Waals surface area contributed by atoms with E-state index < -0.39 is 0 Å². The summed E-state index contributed by atoms with van der Waals surface area (Å²) in [7, 11) is 2.18. The van der Waals surface area contributed by atoms with Gasteiger partial charge >= 0.3 is 0 Å². The van der Waals surface area contributed by atoms with Crippen molar-refractivity contribution in [1.82, 2.24) is 9.80 Å². The van der Waals surface area contributed by atoms with Crippen LogP contribution in [-0.4, -0.2) is 49.6 Å². The first-order valence-electron chi connectivity index (χ1n) is 7.43. The number of hydrogen-bond acceptors (Lipinski definition) is 3. The second-order valence-corrected chi connectivity index (χ2v) is 5.78. The Labute approximate surface area is 117 Å². The molecule has 1 heterocycles. The Hall–Kier alpha value is -0.900. The maximum atomic E-state index is 5.61. The maximum Gasteiger partial charge on any atom is 0.0233 e. The third-order valence-corrected chi connectivity index (χ3v) is 3.93. The van der Waals surface area contributed by atoms with Gasteiger partial charge in [0.2, 0.25) is 0 Å². The van der Waals surface area contributed by atoms with Gasteiger partial charge in [0.05, 0.1) is 0 Å². The number of nitrogens with zero attached hydrogens (tertiary/aromatic N) is 2. The lowest BCUT2D eigenvalue weighted by Gasteiger charge is -2.34. The molecule has 1 saturated heterocycles. The first-order valence-corrected chi connectivity index (χ1v) is 7.43. The summed E-state index contributed by atoms with van der Waals surface area (Å²) in [6.07, 6.45) is 2.69. The van der Waals surface area contributed by atoms with Gasteiger partial charge in [-0.2, -0.15) is 0 Å². The highest BCUT2D eigenvalue weighted by molar-refractivity contribution is 5.14. The minimum atomic E-state index is 0.761. The van der Waals surface area contributed by atoms with E-state index in [4.69, 9.17) is 5.73 Å². The van der Waals surface area contributed by atoms with Gasteiger partial charge in [0.1, 0.15) is 0 Å². The van der Waals surface area contributed by atoms with E-state index in [9.17, 15) is 0 Å². The average Bonchev–Trinajstić information content (AvgIpc) is 2.40. The Kier molecular flexibility index (Phi) is 5.83. The van der Waals surface area contributed by atoms with E-state index in [1.165, 1.54) is 38.0 Å². The van der Waals surface area contributed by atoms with Crippen LogP contribution in [0.3, 0.4) is 0 Å². The fourth-order valence-corrected chi connectivity index (χ4v) is 3.04. The Morgan fingerprint density at radius 2 is 2.11 bits per heavy atom. The molecule has 1 aliphatic heterocycles. The SMILES string of the molecule is CN(CCN)CC1CCCN(Cc2ccccc2)C1. The molecule has 0 amide bonds. The third kappa shape index (κ3) is 4.94. The highest BCUT2D eigenvalue weighted by atomic mass is 15.2. The lowest BCUT2D eigenvalue weighted by atomic mass is 9.97. The van der Waals surface area contributed by atoms with Gasteiger partial charge in [-0.1, -0.05) is 30.3 Å². The molecule has 1 aromatic rings. The molecule has 2 rings (SSSR count). The number of nitrogens with two attached hydrogens (primary N) is 1. The molecule has 3 nitrogen and oxygen atoms in total. The Morgan fingerprint density at radius 3 is 2.84 bits per heavy atom. The molecule has 1 unspecified atom stereocenters. The number of likely N-dealkylation sites (N-methyl/N-ethyl adjacent to an activating group) is 1. The molecular weight excluding hydrogens is 234 g/mol. The van der Waals surface area contributed by atoms with Crippen molar-refractivity contribution in [2.24, 2.45) is 11.7 Å². The molecule has 2 N–H and O–H groups in total. The Morgan fingerprint density at radius 1 is 1.32 bits per heavy atom. The number of rotatable bonds is 6. The zero-order chi connectivity index (χ0) is 13.5. The van der Waals surface area contributed by atoms with Crippen LogP contribution in [0.2, 0.25) is 0 Å². The van der Waals surface area contributed by atoms with Crippen LogP contribution in [0.15, 0.2) is 30.3 Å². The van der Waals surface area contributed by atoms with E-state index in [0.29, 0.717) is 0 Å². The van der Waals surface area contributed by atoms with Crippen molar-refractivity contribution in [2.45, 2.75) is 19.4 Å². The molecule has 1 aromatic carbocycles. The summed E-state index contributed by atoms with van der Waals surface area (Å²) in [6, 6.07) is 10.8. The molecular formula is C16H27N3. The normalized spacial score (nSPS) is 20.9. The zero-order valence-corrected chi connectivity index (χ0v) is 12.1. The number of piperidine rings is 1. The third-order valence-electron chi connectivity index (χ3n) is 3.93. The summed E-state index contributed by atoms with van der Waals surface area (Å²) in [5, 5.41) is 0. The van der Waals surface area contributed by atoms with Crippen molar-refractivity contribution in [3.05, 3.63) is 35.9 Å². The summed E-state index contributed by atoms with van der Waals surface area (Å²) in [6.45, 7) is 6.52. The van der Waals surface area contributed by atoms with Crippen molar-refractivity contribution >= 4 is 0 Å². The maximum absolute atomic E-state index is 5.61. The lowest BCUT2D eigenvalue weighted by Crippen LogP contribution is -2.40. The molecule has 1 atom stereocenters. The molecule has 0 aromatic heterocycles. The smallest absolute Gasteiger partial charge is 0.0233 e. The van der Waals surface area contributed by atoms with E-state index in [2.05, 4.69) is 47.2 Å². The first-order chi connectivity index (χ1) is 9.28. The van der Waals surface area contributed by atoms with Gasteiger partial charge in [0.25, 0.3) is 0 Å². The van der Waals surface area contributed by atoms with Gasteiger partial charge in [-0.3, -0.25) is 4.90 Å². The number of benzene rings is 1. The van der Waals surface area contributed by atoms with Crippen LogP contribution in [-0.2, 0) is 6.54 Å².